The predicted octanol–water partition coefficient (Wildman–Crippen LogP) is 0.503. The minimum Gasteiger partial charge on any atom is -0.394 e. The Morgan fingerprint density at radius 3 is 2.70 bits per heavy atom. The molecule has 2 heterocycles. The minimum absolute atomic E-state index is 0.163. The Morgan fingerprint density at radius 1 is 1.23 bits per heavy atom. The van der Waals surface area contributed by atoms with Crippen LogP contribution in [0.4, 0.5) is 0 Å². The maximum absolute atomic E-state index is 11.0. The van der Waals surface area contributed by atoms with Crippen molar-refractivity contribution in [2.45, 2.75) is 42.9 Å². The van der Waals surface area contributed by atoms with Crippen molar-refractivity contribution in [3.8, 4) is 29.4 Å². The molecule has 5 atom stereocenters. The fraction of sp³-hybridized carbons (Fsp3) is 0.409. The van der Waals surface area contributed by atoms with Crippen LogP contribution < -0.4 is 0 Å². The molecule has 1 aliphatic carbocycles. The monoisotopic (exact) mass is 428 g/mol. The lowest BCUT2D eigenvalue weighted by atomic mass is 9.82. The van der Waals surface area contributed by atoms with E-state index in [1.54, 1.807) is 16.9 Å². The number of aromatic nitrogens is 2. The third-order valence-electron chi connectivity index (χ3n) is 5.13. The lowest BCUT2D eigenvalue weighted by Gasteiger charge is -2.43. The number of aliphatic hydroxyl groups excluding tert-OH is 3. The van der Waals surface area contributed by atoms with Gasteiger partial charge in [0.2, 0.25) is 0 Å². The zero-order valence-corrected chi connectivity index (χ0v) is 16.7. The van der Waals surface area contributed by atoms with Crippen LogP contribution in [-0.4, -0.2) is 66.8 Å². The average molecular weight is 429 g/mol. The minimum atomic E-state index is -2.08. The smallest absolute Gasteiger partial charge is 0.191 e. The maximum Gasteiger partial charge on any atom is 0.191 e. The molecule has 0 radical (unpaired) electrons. The molecule has 2 aromatic rings. The second-order valence-corrected chi connectivity index (χ2v) is 7.84. The molecule has 0 spiro atoms. The highest BCUT2D eigenvalue weighted by molar-refractivity contribution is 6.32. The van der Waals surface area contributed by atoms with Crippen molar-refractivity contribution in [3.05, 3.63) is 47.2 Å². The molecule has 1 aliphatic heterocycles. The number of aliphatic hydroxyl groups is 4. The molecule has 1 aromatic carbocycles. The lowest BCUT2D eigenvalue weighted by Crippen LogP contribution is -2.65. The van der Waals surface area contributed by atoms with Crippen LogP contribution in [0.3, 0.4) is 0 Å². The van der Waals surface area contributed by atoms with Crippen LogP contribution in [0, 0.1) is 29.6 Å². The van der Waals surface area contributed by atoms with Crippen molar-refractivity contribution in [1.82, 2.24) is 9.78 Å². The fourth-order valence-corrected chi connectivity index (χ4v) is 3.39. The number of rotatable bonds is 2. The lowest BCUT2D eigenvalue weighted by molar-refractivity contribution is -0.239. The van der Waals surface area contributed by atoms with Gasteiger partial charge in [-0.05, 0) is 25.0 Å². The van der Waals surface area contributed by atoms with E-state index < -0.39 is 36.6 Å². The highest BCUT2D eigenvalue weighted by Crippen LogP contribution is 2.32. The van der Waals surface area contributed by atoms with Gasteiger partial charge < -0.3 is 25.2 Å². The summed E-state index contributed by atoms with van der Waals surface area (Å²) < 4.78 is 7.16. The van der Waals surface area contributed by atoms with Crippen LogP contribution in [0.2, 0.25) is 5.02 Å². The van der Waals surface area contributed by atoms with Gasteiger partial charge in [0, 0.05) is 12.1 Å². The van der Waals surface area contributed by atoms with Gasteiger partial charge >= 0.3 is 0 Å². The van der Waals surface area contributed by atoms with Gasteiger partial charge in [0.05, 0.1) is 29.1 Å². The molecular formula is C22H21ClN2O5. The van der Waals surface area contributed by atoms with Crippen LogP contribution in [-0.2, 0) is 4.74 Å². The van der Waals surface area contributed by atoms with E-state index in [9.17, 15) is 20.4 Å². The van der Waals surface area contributed by atoms with E-state index in [1.807, 2.05) is 18.2 Å². The molecule has 8 heteroatoms. The molecule has 2 aliphatic rings. The number of benzene rings is 1. The zero-order valence-electron chi connectivity index (χ0n) is 15.9. The molecule has 1 aromatic heterocycles. The summed E-state index contributed by atoms with van der Waals surface area (Å²) in [5.74, 6) is 11.4. The maximum atomic E-state index is 11.0. The normalized spacial score (nSPS) is 30.7. The number of para-hydroxylation sites is 1. The van der Waals surface area contributed by atoms with Gasteiger partial charge in [0.15, 0.2) is 11.7 Å². The summed E-state index contributed by atoms with van der Waals surface area (Å²) in [4.78, 5) is 0. The van der Waals surface area contributed by atoms with E-state index in [2.05, 4.69) is 28.8 Å². The van der Waals surface area contributed by atoms with Crippen LogP contribution in [0.25, 0.3) is 5.69 Å². The van der Waals surface area contributed by atoms with E-state index in [0.717, 1.165) is 12.8 Å². The first-order chi connectivity index (χ1) is 14.4. The first-order valence-corrected chi connectivity index (χ1v) is 9.99. The quantitative estimate of drug-likeness (QED) is 0.519. The molecule has 4 N–H and O–H groups in total. The predicted molar refractivity (Wildman–Crippen MR) is 109 cm³/mol. The fourth-order valence-electron chi connectivity index (χ4n) is 3.16. The van der Waals surface area contributed by atoms with Gasteiger partial charge in [-0.2, -0.15) is 5.10 Å². The topological polar surface area (TPSA) is 108 Å². The summed E-state index contributed by atoms with van der Waals surface area (Å²) in [5.41, 5.74) is -0.872. The third-order valence-corrected chi connectivity index (χ3v) is 5.45. The summed E-state index contributed by atoms with van der Waals surface area (Å²) in [6.07, 6.45) is -0.395. The Kier molecular flexibility index (Phi) is 5.86. The van der Waals surface area contributed by atoms with Crippen molar-refractivity contribution in [3.63, 3.8) is 0 Å². The Hall–Kier alpha value is -2.36. The summed E-state index contributed by atoms with van der Waals surface area (Å²) in [5, 5.41) is 45.9. The summed E-state index contributed by atoms with van der Waals surface area (Å²) >= 11 is 6.19. The molecule has 7 nitrogen and oxygen atoms in total. The average Bonchev–Trinajstić information content (AvgIpc) is 3.47. The number of halogens is 1. The van der Waals surface area contributed by atoms with Crippen molar-refractivity contribution in [1.29, 1.82) is 0 Å². The van der Waals surface area contributed by atoms with E-state index in [0.29, 0.717) is 16.3 Å². The van der Waals surface area contributed by atoms with Gasteiger partial charge in [-0.25, -0.2) is 4.68 Å². The Balaban J connectivity index is 1.63. The van der Waals surface area contributed by atoms with Gasteiger partial charge in [-0.1, -0.05) is 47.4 Å². The second kappa shape index (κ2) is 8.41. The van der Waals surface area contributed by atoms with Crippen LogP contribution in [0.1, 0.15) is 18.4 Å². The van der Waals surface area contributed by atoms with E-state index in [4.69, 9.17) is 16.3 Å². The Bertz CT molecular complexity index is 1040. The van der Waals surface area contributed by atoms with Gasteiger partial charge in [0.25, 0.3) is 0 Å². The SMILES string of the molecule is OC[C@H]1O[C@H](C#Cc2cnn(-c3ccccc3Cl)c2)[C@](O)(C#CC2CC2)[C@@H](O)[C@@H]1O. The van der Waals surface area contributed by atoms with Crippen LogP contribution >= 0.6 is 11.6 Å². The van der Waals surface area contributed by atoms with Crippen molar-refractivity contribution < 1.29 is 25.2 Å². The molecule has 4 rings (SSSR count). The highest BCUT2D eigenvalue weighted by atomic mass is 35.5. The molecule has 1 saturated heterocycles. The standard InChI is InChI=1S/C22H21ClN2O5/c23-16-3-1-2-4-17(16)25-12-15(11-24-25)7-8-19-22(29,10-9-14-5-6-14)21(28)20(27)18(13-26)30-19/h1-4,11-12,14,18-21,26-29H,5-6,13H2/t18-,19-,20-,21+,22-/m1/s1. The molecular weight excluding hydrogens is 408 g/mol. The van der Waals surface area contributed by atoms with E-state index in [1.165, 1.54) is 6.20 Å². The third kappa shape index (κ3) is 4.10. The molecule has 2 fully saturated rings. The number of hydrogen-bond donors (Lipinski definition) is 4. The number of nitrogens with zero attached hydrogens (tertiary/aromatic N) is 2. The van der Waals surface area contributed by atoms with Gasteiger partial charge in [-0.3, -0.25) is 0 Å². The Morgan fingerprint density at radius 2 is 2.00 bits per heavy atom. The first kappa shape index (κ1) is 20.9. The summed E-state index contributed by atoms with van der Waals surface area (Å²) in [6, 6.07) is 7.22. The number of hydrogen-bond acceptors (Lipinski definition) is 6. The Labute approximate surface area is 178 Å². The first-order valence-electron chi connectivity index (χ1n) is 9.61. The molecule has 1 saturated carbocycles. The van der Waals surface area contributed by atoms with Crippen molar-refractivity contribution in [2.24, 2.45) is 5.92 Å². The molecule has 30 heavy (non-hydrogen) atoms. The van der Waals surface area contributed by atoms with Crippen molar-refractivity contribution in [2.75, 3.05) is 6.61 Å². The largest absolute Gasteiger partial charge is 0.394 e. The van der Waals surface area contributed by atoms with Crippen LogP contribution in [0.5, 0.6) is 0 Å². The zero-order chi connectivity index (χ0) is 21.3. The molecule has 0 bridgehead atoms. The molecule has 156 valence electrons. The van der Waals surface area contributed by atoms with Crippen LogP contribution in [0.15, 0.2) is 36.7 Å². The van der Waals surface area contributed by atoms with Gasteiger partial charge in [0.1, 0.15) is 18.3 Å². The highest BCUT2D eigenvalue weighted by Gasteiger charge is 2.53. The number of ether oxygens (including phenoxy) is 1. The van der Waals surface area contributed by atoms with E-state index in [-0.39, 0.29) is 5.92 Å². The molecule has 0 amide bonds. The second-order valence-electron chi connectivity index (χ2n) is 7.44. The van der Waals surface area contributed by atoms with E-state index >= 15 is 0 Å². The molecule has 0 unspecified atom stereocenters. The summed E-state index contributed by atoms with van der Waals surface area (Å²) in [7, 11) is 0. The summed E-state index contributed by atoms with van der Waals surface area (Å²) in [6.45, 7) is -0.535. The van der Waals surface area contributed by atoms with Crippen molar-refractivity contribution >= 4 is 11.6 Å². The van der Waals surface area contributed by atoms with Gasteiger partial charge in [-0.15, -0.1) is 0 Å².